The largest absolute Gasteiger partial charge is 0.242 e. The van der Waals surface area contributed by atoms with Crippen LogP contribution in [0.15, 0.2) is 0 Å². The highest BCUT2D eigenvalue weighted by Gasteiger charge is 2.17. The predicted octanol–water partition coefficient (Wildman–Crippen LogP) is 3.61. The third-order valence-electron chi connectivity index (χ3n) is 3.60. The second kappa shape index (κ2) is 7.28. The molecule has 0 spiro atoms. The van der Waals surface area contributed by atoms with Crippen molar-refractivity contribution in [2.75, 3.05) is 13.1 Å². The van der Waals surface area contributed by atoms with Crippen molar-refractivity contribution in [3.63, 3.8) is 0 Å². The van der Waals surface area contributed by atoms with Crippen LogP contribution >= 0.6 is 0 Å². The Kier molecular flexibility index (Phi) is 6.25. The minimum absolute atomic E-state index is 0.995. The summed E-state index contributed by atoms with van der Waals surface area (Å²) in [5, 5.41) is 4.42. The zero-order valence-corrected chi connectivity index (χ0v) is 9.97. The Labute approximate surface area is 89.7 Å². The second-order valence-corrected chi connectivity index (χ2v) is 4.77. The normalized spacial score (nSPS) is 21.0. The lowest BCUT2D eigenvalue weighted by atomic mass is 9.84. The smallest absolute Gasteiger partial charge is 0.0136 e. The minimum Gasteiger partial charge on any atom is -0.242 e. The van der Waals surface area contributed by atoms with E-state index in [1.807, 2.05) is 0 Å². The van der Waals surface area contributed by atoms with Gasteiger partial charge in [0.15, 0.2) is 0 Å². The Morgan fingerprint density at radius 3 is 2.50 bits per heavy atom. The van der Waals surface area contributed by atoms with E-state index in [0.29, 0.717) is 0 Å². The topological polar surface area (TPSA) is 14.1 Å². The van der Waals surface area contributed by atoms with Gasteiger partial charge in [-0.05, 0) is 31.1 Å². The third-order valence-corrected chi connectivity index (χ3v) is 3.60. The maximum absolute atomic E-state index is 4.42. The van der Waals surface area contributed by atoms with Gasteiger partial charge in [0.2, 0.25) is 0 Å². The molecule has 1 nitrogen and oxygen atoms in total. The summed E-state index contributed by atoms with van der Waals surface area (Å²) in [7, 11) is 0. The van der Waals surface area contributed by atoms with E-state index < -0.39 is 0 Å². The van der Waals surface area contributed by atoms with Crippen molar-refractivity contribution in [2.45, 2.75) is 58.8 Å². The first-order valence-electron chi connectivity index (χ1n) is 6.50. The van der Waals surface area contributed by atoms with Crippen LogP contribution in [-0.4, -0.2) is 13.1 Å². The molecule has 0 N–H and O–H groups in total. The van der Waals surface area contributed by atoms with E-state index in [9.17, 15) is 0 Å². The number of hydrogen-bond donors (Lipinski definition) is 0. The van der Waals surface area contributed by atoms with E-state index in [0.717, 1.165) is 24.9 Å². The van der Waals surface area contributed by atoms with Crippen LogP contribution in [0.3, 0.4) is 0 Å². The van der Waals surface area contributed by atoms with E-state index in [1.54, 1.807) is 0 Å². The zero-order valence-electron chi connectivity index (χ0n) is 9.97. The van der Waals surface area contributed by atoms with Gasteiger partial charge in [-0.2, -0.15) is 0 Å². The molecule has 1 fully saturated rings. The number of unbranched alkanes of at least 4 members (excludes halogenated alkanes) is 1. The van der Waals surface area contributed by atoms with Gasteiger partial charge in [-0.1, -0.05) is 39.5 Å². The standard InChI is InChI=1S/C13H26N/c1-3-5-6-12(4-2)11-13-7-9-14-10-8-13/h12-13H,3-11H2,1-2H3. The van der Waals surface area contributed by atoms with Gasteiger partial charge in [0.05, 0.1) is 0 Å². The van der Waals surface area contributed by atoms with E-state index in [-0.39, 0.29) is 0 Å². The molecule has 1 atom stereocenters. The molecule has 1 heterocycles. The average molecular weight is 196 g/mol. The summed E-state index contributed by atoms with van der Waals surface area (Å²) in [5.41, 5.74) is 0. The van der Waals surface area contributed by atoms with Crippen molar-refractivity contribution in [1.29, 1.82) is 0 Å². The molecule has 1 heteroatoms. The lowest BCUT2D eigenvalue weighted by Gasteiger charge is -2.25. The Morgan fingerprint density at radius 1 is 1.21 bits per heavy atom. The molecule has 83 valence electrons. The summed E-state index contributed by atoms with van der Waals surface area (Å²) < 4.78 is 0. The zero-order chi connectivity index (χ0) is 10.2. The van der Waals surface area contributed by atoms with Crippen LogP contribution in [0.4, 0.5) is 0 Å². The second-order valence-electron chi connectivity index (χ2n) is 4.77. The molecular formula is C13H26N. The summed E-state index contributed by atoms with van der Waals surface area (Å²) in [5.74, 6) is 1.99. The average Bonchev–Trinajstić information content (AvgIpc) is 2.25. The molecule has 1 unspecified atom stereocenters. The highest BCUT2D eigenvalue weighted by atomic mass is 14.9. The van der Waals surface area contributed by atoms with Crippen LogP contribution in [-0.2, 0) is 0 Å². The summed E-state index contributed by atoms with van der Waals surface area (Å²) in [6.07, 6.45) is 9.83. The Hall–Kier alpha value is -0.0400. The summed E-state index contributed by atoms with van der Waals surface area (Å²) in [6.45, 7) is 6.92. The van der Waals surface area contributed by atoms with Crippen LogP contribution in [0.1, 0.15) is 58.8 Å². The molecule has 1 rings (SSSR count). The molecule has 1 radical (unpaired) electrons. The monoisotopic (exact) mass is 196 g/mol. The molecule has 0 aromatic carbocycles. The highest BCUT2D eigenvalue weighted by molar-refractivity contribution is 4.71. The fourth-order valence-corrected chi connectivity index (χ4v) is 2.49. The van der Waals surface area contributed by atoms with Crippen LogP contribution in [0.2, 0.25) is 0 Å². The molecule has 1 aliphatic rings. The Bertz CT molecular complexity index is 127. The molecular weight excluding hydrogens is 170 g/mol. The third kappa shape index (κ3) is 4.45. The Morgan fingerprint density at radius 2 is 1.93 bits per heavy atom. The molecule has 0 amide bonds. The Balaban J connectivity index is 2.16. The van der Waals surface area contributed by atoms with Gasteiger partial charge < -0.3 is 0 Å². The van der Waals surface area contributed by atoms with Gasteiger partial charge in [0, 0.05) is 13.1 Å². The van der Waals surface area contributed by atoms with E-state index >= 15 is 0 Å². The summed E-state index contributed by atoms with van der Waals surface area (Å²) in [6, 6.07) is 0. The van der Waals surface area contributed by atoms with Crippen molar-refractivity contribution >= 4 is 0 Å². The fourth-order valence-electron chi connectivity index (χ4n) is 2.49. The van der Waals surface area contributed by atoms with Crippen molar-refractivity contribution in [3.05, 3.63) is 0 Å². The SMILES string of the molecule is CCCCC(CC)CC1CC[N]CC1. The van der Waals surface area contributed by atoms with Gasteiger partial charge >= 0.3 is 0 Å². The van der Waals surface area contributed by atoms with Gasteiger partial charge in [-0.25, -0.2) is 5.32 Å². The van der Waals surface area contributed by atoms with Gasteiger partial charge in [0.1, 0.15) is 0 Å². The number of rotatable bonds is 6. The first-order chi connectivity index (χ1) is 6.86. The highest BCUT2D eigenvalue weighted by Crippen LogP contribution is 2.26. The molecule has 1 saturated heterocycles. The maximum atomic E-state index is 4.42. The van der Waals surface area contributed by atoms with Crippen molar-refractivity contribution in [3.8, 4) is 0 Å². The lowest BCUT2D eigenvalue weighted by Crippen LogP contribution is -2.24. The van der Waals surface area contributed by atoms with Gasteiger partial charge in [-0.3, -0.25) is 0 Å². The quantitative estimate of drug-likeness (QED) is 0.616. The van der Waals surface area contributed by atoms with Crippen molar-refractivity contribution < 1.29 is 0 Å². The van der Waals surface area contributed by atoms with E-state index in [1.165, 1.54) is 44.9 Å². The van der Waals surface area contributed by atoms with Crippen LogP contribution in [0.25, 0.3) is 0 Å². The van der Waals surface area contributed by atoms with Crippen LogP contribution < -0.4 is 5.32 Å². The van der Waals surface area contributed by atoms with Gasteiger partial charge in [0.25, 0.3) is 0 Å². The van der Waals surface area contributed by atoms with Crippen molar-refractivity contribution in [2.24, 2.45) is 11.8 Å². The summed E-state index contributed by atoms with van der Waals surface area (Å²) in [4.78, 5) is 0. The molecule has 14 heavy (non-hydrogen) atoms. The first-order valence-corrected chi connectivity index (χ1v) is 6.50. The van der Waals surface area contributed by atoms with Crippen LogP contribution in [0, 0.1) is 11.8 Å². The van der Waals surface area contributed by atoms with Gasteiger partial charge in [-0.15, -0.1) is 0 Å². The van der Waals surface area contributed by atoms with Crippen molar-refractivity contribution in [1.82, 2.24) is 5.32 Å². The predicted molar refractivity (Wildman–Crippen MR) is 62.5 cm³/mol. The summed E-state index contributed by atoms with van der Waals surface area (Å²) >= 11 is 0. The minimum atomic E-state index is 0.995. The molecule has 0 aliphatic carbocycles. The first kappa shape index (κ1) is 12.0. The molecule has 1 aliphatic heterocycles. The molecule has 0 aromatic rings. The fraction of sp³-hybridized carbons (Fsp3) is 1.00. The van der Waals surface area contributed by atoms with E-state index in [2.05, 4.69) is 19.2 Å². The van der Waals surface area contributed by atoms with E-state index in [4.69, 9.17) is 0 Å². The lowest BCUT2D eigenvalue weighted by molar-refractivity contribution is 0.279. The number of nitrogens with zero attached hydrogens (tertiary/aromatic N) is 1. The number of hydrogen-bond acceptors (Lipinski definition) is 0. The van der Waals surface area contributed by atoms with Crippen LogP contribution in [0.5, 0.6) is 0 Å². The molecule has 0 saturated carbocycles. The molecule has 0 bridgehead atoms. The molecule has 0 aromatic heterocycles. The number of piperidine rings is 1. The maximum Gasteiger partial charge on any atom is 0.0136 e.